The van der Waals surface area contributed by atoms with Gasteiger partial charge in [-0.2, -0.15) is 23.5 Å². The first kappa shape index (κ1) is 14.7. The van der Waals surface area contributed by atoms with E-state index in [9.17, 15) is 0 Å². The maximum absolute atomic E-state index is 4.11. The normalized spacial score (nSPS) is 26.2. The zero-order valence-corrected chi connectivity index (χ0v) is 14.1. The van der Waals surface area contributed by atoms with Gasteiger partial charge in [-0.05, 0) is 22.5 Å². The van der Waals surface area contributed by atoms with Crippen molar-refractivity contribution >= 4 is 39.5 Å². The molecule has 0 aliphatic carbocycles. The van der Waals surface area contributed by atoms with Crippen molar-refractivity contribution in [3.8, 4) is 0 Å². The van der Waals surface area contributed by atoms with E-state index in [1.807, 2.05) is 11.7 Å². The van der Waals surface area contributed by atoms with Gasteiger partial charge in [-0.15, -0.1) is 5.10 Å². The van der Waals surface area contributed by atoms with Gasteiger partial charge in [0.15, 0.2) is 4.60 Å². The third-order valence-corrected chi connectivity index (χ3v) is 6.87. The fourth-order valence-corrected chi connectivity index (χ4v) is 5.77. The highest BCUT2D eigenvalue weighted by Crippen LogP contribution is 2.39. The van der Waals surface area contributed by atoms with Crippen molar-refractivity contribution in [3.05, 3.63) is 10.3 Å². The number of thioether (sulfide) groups is 2. The number of aromatic nitrogens is 3. The van der Waals surface area contributed by atoms with E-state index in [1.54, 1.807) is 0 Å². The summed E-state index contributed by atoms with van der Waals surface area (Å²) in [6, 6.07) is 0.303. The van der Waals surface area contributed by atoms with Crippen LogP contribution in [0.3, 0.4) is 0 Å². The van der Waals surface area contributed by atoms with Crippen LogP contribution in [0.25, 0.3) is 0 Å². The largest absolute Gasteiger partial charge is 0.308 e. The number of hydrogen-bond acceptors (Lipinski definition) is 5. The molecule has 1 aromatic rings. The van der Waals surface area contributed by atoms with Crippen LogP contribution in [0.15, 0.2) is 4.60 Å². The second kappa shape index (κ2) is 6.63. The van der Waals surface area contributed by atoms with Crippen LogP contribution >= 0.6 is 39.5 Å². The molecule has 1 aliphatic rings. The molecule has 0 aromatic carbocycles. The van der Waals surface area contributed by atoms with Crippen molar-refractivity contribution in [2.24, 2.45) is 7.05 Å². The van der Waals surface area contributed by atoms with Crippen LogP contribution in [0.4, 0.5) is 0 Å². The Labute approximate surface area is 125 Å². The number of nitrogens with one attached hydrogen (secondary N) is 1. The Hall–Kier alpha value is 0.280. The van der Waals surface area contributed by atoms with E-state index in [-0.39, 0.29) is 0 Å². The summed E-state index contributed by atoms with van der Waals surface area (Å²) < 4.78 is 2.74. The van der Waals surface area contributed by atoms with Crippen molar-refractivity contribution in [1.29, 1.82) is 0 Å². The summed E-state index contributed by atoms with van der Waals surface area (Å²) in [6.07, 6.45) is 0. The van der Waals surface area contributed by atoms with Gasteiger partial charge >= 0.3 is 0 Å². The lowest BCUT2D eigenvalue weighted by atomic mass is 10.1. The summed E-state index contributed by atoms with van der Waals surface area (Å²) >= 11 is 7.65. The second-order valence-electron chi connectivity index (χ2n) is 4.34. The highest BCUT2D eigenvalue weighted by molar-refractivity contribution is 9.10. The molecule has 0 radical (unpaired) electrons. The summed E-state index contributed by atoms with van der Waals surface area (Å²) in [4.78, 5) is 0. The molecule has 1 N–H and O–H groups in total. The number of halogens is 1. The maximum Gasteiger partial charge on any atom is 0.153 e. The van der Waals surface area contributed by atoms with E-state index in [0.29, 0.717) is 16.5 Å². The standard InChI is InChI=1S/C11H19BrN4S2/c1-4-13-8(9-11(12)14-15-16(9)3)10-7(2)17-5-6-18-10/h7-8,10,13H,4-6H2,1-3H3. The van der Waals surface area contributed by atoms with E-state index in [1.165, 1.54) is 11.5 Å². The third kappa shape index (κ3) is 3.05. The SMILES string of the molecule is CCNC(c1c(Br)nnn1C)C1SCCSC1C. The van der Waals surface area contributed by atoms with E-state index in [4.69, 9.17) is 0 Å². The summed E-state index contributed by atoms with van der Waals surface area (Å²) in [5.41, 5.74) is 1.16. The molecule has 0 saturated carbocycles. The van der Waals surface area contributed by atoms with Crippen molar-refractivity contribution in [3.63, 3.8) is 0 Å². The molecule has 7 heteroatoms. The predicted octanol–water partition coefficient (Wildman–Crippen LogP) is 2.47. The lowest BCUT2D eigenvalue weighted by Crippen LogP contribution is -2.39. The molecule has 1 aromatic heterocycles. The first-order chi connectivity index (χ1) is 8.65. The van der Waals surface area contributed by atoms with Crippen LogP contribution in [-0.2, 0) is 7.05 Å². The number of nitrogens with zero attached hydrogens (tertiary/aromatic N) is 3. The van der Waals surface area contributed by atoms with Gasteiger partial charge in [-0.3, -0.25) is 0 Å². The van der Waals surface area contributed by atoms with Crippen LogP contribution in [0.5, 0.6) is 0 Å². The van der Waals surface area contributed by atoms with Gasteiger partial charge in [0.25, 0.3) is 0 Å². The predicted molar refractivity (Wildman–Crippen MR) is 83.3 cm³/mol. The summed E-state index contributed by atoms with van der Waals surface area (Å²) in [6.45, 7) is 5.43. The molecule has 1 fully saturated rings. The molecule has 0 amide bonds. The molecule has 0 bridgehead atoms. The number of hydrogen-bond donors (Lipinski definition) is 1. The molecule has 1 aliphatic heterocycles. The van der Waals surface area contributed by atoms with Gasteiger partial charge in [0.05, 0.1) is 11.7 Å². The Morgan fingerprint density at radius 3 is 2.78 bits per heavy atom. The molecule has 2 rings (SSSR count). The molecular formula is C11H19BrN4S2. The topological polar surface area (TPSA) is 42.7 Å². The lowest BCUT2D eigenvalue weighted by Gasteiger charge is -2.34. The summed E-state index contributed by atoms with van der Waals surface area (Å²) in [7, 11) is 1.96. The van der Waals surface area contributed by atoms with E-state index < -0.39 is 0 Å². The van der Waals surface area contributed by atoms with Crippen molar-refractivity contribution < 1.29 is 0 Å². The molecule has 18 heavy (non-hydrogen) atoms. The van der Waals surface area contributed by atoms with Gasteiger partial charge in [-0.1, -0.05) is 19.1 Å². The quantitative estimate of drug-likeness (QED) is 0.903. The summed E-state index contributed by atoms with van der Waals surface area (Å²) in [5, 5.41) is 13.0. The fourth-order valence-electron chi connectivity index (χ4n) is 2.27. The van der Waals surface area contributed by atoms with Gasteiger partial charge in [-0.25, -0.2) is 4.68 Å². The fraction of sp³-hybridized carbons (Fsp3) is 0.818. The van der Waals surface area contributed by atoms with E-state index >= 15 is 0 Å². The average molecular weight is 351 g/mol. The highest BCUT2D eigenvalue weighted by Gasteiger charge is 2.34. The van der Waals surface area contributed by atoms with Crippen LogP contribution in [0.1, 0.15) is 25.6 Å². The average Bonchev–Trinajstić information content (AvgIpc) is 2.68. The molecule has 102 valence electrons. The molecule has 4 nitrogen and oxygen atoms in total. The van der Waals surface area contributed by atoms with Gasteiger partial charge in [0, 0.05) is 29.1 Å². The van der Waals surface area contributed by atoms with Crippen LogP contribution in [0.2, 0.25) is 0 Å². The van der Waals surface area contributed by atoms with E-state index in [0.717, 1.165) is 16.8 Å². The molecule has 2 heterocycles. The molecule has 3 atom stereocenters. The minimum Gasteiger partial charge on any atom is -0.308 e. The minimum absolute atomic E-state index is 0.303. The molecule has 0 spiro atoms. The molecule has 1 saturated heterocycles. The van der Waals surface area contributed by atoms with Crippen molar-refractivity contribution in [2.75, 3.05) is 18.1 Å². The molecular weight excluding hydrogens is 332 g/mol. The number of rotatable bonds is 4. The van der Waals surface area contributed by atoms with Gasteiger partial charge < -0.3 is 5.32 Å². The van der Waals surface area contributed by atoms with Crippen LogP contribution < -0.4 is 5.32 Å². The zero-order chi connectivity index (χ0) is 13.1. The smallest absolute Gasteiger partial charge is 0.153 e. The van der Waals surface area contributed by atoms with E-state index in [2.05, 4.69) is 68.9 Å². The third-order valence-electron chi connectivity index (χ3n) is 3.11. The Kier molecular flexibility index (Phi) is 5.41. The number of aryl methyl sites for hydroxylation is 1. The second-order valence-corrected chi connectivity index (χ2v) is 7.86. The van der Waals surface area contributed by atoms with Gasteiger partial charge in [0.1, 0.15) is 0 Å². The van der Waals surface area contributed by atoms with Crippen molar-refractivity contribution in [2.45, 2.75) is 30.4 Å². The first-order valence-corrected chi connectivity index (χ1v) is 9.05. The van der Waals surface area contributed by atoms with Crippen LogP contribution in [-0.4, -0.2) is 43.5 Å². The first-order valence-electron chi connectivity index (χ1n) is 6.16. The Morgan fingerprint density at radius 1 is 1.50 bits per heavy atom. The van der Waals surface area contributed by atoms with Gasteiger partial charge in [0.2, 0.25) is 0 Å². The Morgan fingerprint density at radius 2 is 2.22 bits per heavy atom. The Bertz CT molecular complexity index is 379. The summed E-state index contributed by atoms with van der Waals surface area (Å²) in [5.74, 6) is 2.48. The van der Waals surface area contributed by atoms with Crippen molar-refractivity contribution in [1.82, 2.24) is 20.3 Å². The monoisotopic (exact) mass is 350 g/mol. The van der Waals surface area contributed by atoms with Crippen LogP contribution in [0, 0.1) is 0 Å². The highest BCUT2D eigenvalue weighted by atomic mass is 79.9. The zero-order valence-electron chi connectivity index (χ0n) is 10.9. The maximum atomic E-state index is 4.11. The Balaban J connectivity index is 2.27. The lowest BCUT2D eigenvalue weighted by molar-refractivity contribution is 0.487. The molecule has 3 unspecified atom stereocenters. The minimum atomic E-state index is 0.303.